The van der Waals surface area contributed by atoms with Crippen molar-refractivity contribution in [2.75, 3.05) is 6.61 Å². The number of fused-ring (bicyclic) bond motifs is 2. The van der Waals surface area contributed by atoms with Crippen LogP contribution in [0.2, 0.25) is 5.02 Å². The molecule has 9 heteroatoms. The minimum atomic E-state index is -0.462. The number of nitrogens with one attached hydrogen (secondary N) is 2. The number of hydrogen-bond donors (Lipinski definition) is 2. The molecule has 0 bridgehead atoms. The maximum Gasteiger partial charge on any atom is 0.267 e. The number of carbonyl (C=O) groups excluding carboxylic acids is 1. The summed E-state index contributed by atoms with van der Waals surface area (Å²) in [7, 11) is 0. The van der Waals surface area contributed by atoms with Crippen molar-refractivity contribution >= 4 is 34.2 Å². The third kappa shape index (κ3) is 4.88. The lowest BCUT2D eigenvalue weighted by molar-refractivity contribution is 0.0748. The number of carbonyl (C=O) groups is 1. The molecule has 1 amide bonds. The van der Waals surface area contributed by atoms with Gasteiger partial charge in [-0.1, -0.05) is 35.9 Å². The minimum Gasteiger partial charge on any atom is -0.379 e. The van der Waals surface area contributed by atoms with Crippen LogP contribution in [0.3, 0.4) is 0 Å². The number of amides is 1. The molecule has 0 aliphatic rings. The minimum absolute atomic E-state index is 0.0131. The van der Waals surface area contributed by atoms with Crippen LogP contribution in [0, 0.1) is 5.41 Å². The number of benzene rings is 1. The lowest BCUT2D eigenvalue weighted by Gasteiger charge is -2.15. The lowest BCUT2D eigenvalue weighted by Crippen LogP contribution is -2.35. The summed E-state index contributed by atoms with van der Waals surface area (Å²) in [6.45, 7) is 4.98. The van der Waals surface area contributed by atoms with Crippen molar-refractivity contribution in [1.29, 1.82) is 5.41 Å². The Balaban J connectivity index is 1.77. The Kier molecular flexibility index (Phi) is 7.09. The topological polar surface area (TPSA) is 101 Å². The van der Waals surface area contributed by atoms with E-state index in [1.807, 2.05) is 32.0 Å². The first-order chi connectivity index (χ1) is 16.4. The average molecular weight is 480 g/mol. The molecule has 4 rings (SSSR count). The van der Waals surface area contributed by atoms with E-state index in [1.165, 1.54) is 10.5 Å². The van der Waals surface area contributed by atoms with Crippen LogP contribution in [0.4, 0.5) is 0 Å². The molecule has 3 aromatic heterocycles. The van der Waals surface area contributed by atoms with E-state index < -0.39 is 5.91 Å². The van der Waals surface area contributed by atoms with Crippen molar-refractivity contribution in [2.24, 2.45) is 0 Å². The Labute approximate surface area is 201 Å². The van der Waals surface area contributed by atoms with Crippen LogP contribution in [-0.2, 0) is 17.8 Å². The summed E-state index contributed by atoms with van der Waals surface area (Å²) in [6, 6.07) is 14.0. The van der Waals surface area contributed by atoms with E-state index >= 15 is 0 Å². The second-order valence-corrected chi connectivity index (χ2v) is 8.60. The molecule has 176 valence electrons. The molecule has 0 radical (unpaired) electrons. The van der Waals surface area contributed by atoms with Gasteiger partial charge in [-0.15, -0.1) is 0 Å². The zero-order valence-corrected chi connectivity index (χ0v) is 19.8. The first kappa shape index (κ1) is 23.7. The molecule has 0 spiro atoms. The van der Waals surface area contributed by atoms with Gasteiger partial charge >= 0.3 is 0 Å². The van der Waals surface area contributed by atoms with E-state index in [0.717, 1.165) is 5.56 Å². The van der Waals surface area contributed by atoms with Gasteiger partial charge in [0.2, 0.25) is 0 Å². The highest BCUT2D eigenvalue weighted by Crippen LogP contribution is 2.15. The predicted molar refractivity (Wildman–Crippen MR) is 131 cm³/mol. The normalized spacial score (nSPS) is 11.4. The fraction of sp³-hybridized carbons (Fsp3) is 0.280. The Morgan fingerprint density at radius 2 is 1.97 bits per heavy atom. The molecule has 0 saturated heterocycles. The molecule has 4 aromatic rings. The van der Waals surface area contributed by atoms with E-state index in [2.05, 4.69) is 10.3 Å². The Morgan fingerprint density at radius 3 is 2.74 bits per heavy atom. The van der Waals surface area contributed by atoms with Gasteiger partial charge in [-0.05, 0) is 50.1 Å². The summed E-state index contributed by atoms with van der Waals surface area (Å²) >= 11 is 6.20. The molecule has 8 nitrogen and oxygen atoms in total. The third-order valence-electron chi connectivity index (χ3n) is 5.44. The molecule has 1 aromatic carbocycles. The van der Waals surface area contributed by atoms with Crippen LogP contribution in [-0.4, -0.2) is 32.6 Å². The summed E-state index contributed by atoms with van der Waals surface area (Å²) in [5, 5.41) is 12.4. The smallest absolute Gasteiger partial charge is 0.267 e. The number of nitrogens with zero attached hydrogens (tertiary/aromatic N) is 3. The van der Waals surface area contributed by atoms with Gasteiger partial charge in [0, 0.05) is 30.9 Å². The van der Waals surface area contributed by atoms with Crippen LogP contribution < -0.4 is 16.4 Å². The average Bonchev–Trinajstić information content (AvgIpc) is 2.82. The SMILES string of the molecule is CC(C)OCCCn1c(=N)c(C(=O)NCc2ccccc2Cl)cc2c(=O)n3ccccc3nc21. The summed E-state index contributed by atoms with van der Waals surface area (Å²) in [6.07, 6.45) is 2.33. The highest BCUT2D eigenvalue weighted by molar-refractivity contribution is 6.31. The first-order valence-corrected chi connectivity index (χ1v) is 11.5. The maximum atomic E-state index is 13.2. The Bertz CT molecular complexity index is 1480. The first-order valence-electron chi connectivity index (χ1n) is 11.1. The largest absolute Gasteiger partial charge is 0.379 e. The monoisotopic (exact) mass is 479 g/mol. The fourth-order valence-electron chi connectivity index (χ4n) is 3.73. The van der Waals surface area contributed by atoms with Crippen LogP contribution in [0.25, 0.3) is 16.7 Å². The van der Waals surface area contributed by atoms with Gasteiger partial charge in [0.1, 0.15) is 16.8 Å². The highest BCUT2D eigenvalue weighted by atomic mass is 35.5. The van der Waals surface area contributed by atoms with Gasteiger partial charge in [-0.3, -0.25) is 19.4 Å². The predicted octanol–water partition coefficient (Wildman–Crippen LogP) is 3.53. The van der Waals surface area contributed by atoms with Crippen molar-refractivity contribution in [3.63, 3.8) is 0 Å². The molecular weight excluding hydrogens is 454 g/mol. The zero-order chi connectivity index (χ0) is 24.2. The number of hydrogen-bond acceptors (Lipinski definition) is 5. The van der Waals surface area contributed by atoms with Gasteiger partial charge in [-0.25, -0.2) is 4.98 Å². The standard InChI is InChI=1S/C25H26ClN5O3/c1-16(2)34-13-7-12-31-22(27)18(24(32)28-15-17-8-3-4-9-20(17)26)14-19-23(31)29-21-10-5-6-11-30(21)25(19)33/h3-6,8-11,14,16,27H,7,12-13,15H2,1-2H3,(H,28,32). The number of ether oxygens (including phenoxy) is 1. The summed E-state index contributed by atoms with van der Waals surface area (Å²) in [5.41, 5.74) is 1.39. The maximum absolute atomic E-state index is 13.2. The van der Waals surface area contributed by atoms with E-state index in [4.69, 9.17) is 21.7 Å². The van der Waals surface area contributed by atoms with E-state index in [0.29, 0.717) is 35.9 Å². The van der Waals surface area contributed by atoms with Crippen molar-refractivity contribution < 1.29 is 9.53 Å². The number of pyridine rings is 2. The van der Waals surface area contributed by atoms with Crippen LogP contribution >= 0.6 is 11.6 Å². The molecular formula is C25H26ClN5O3. The lowest BCUT2D eigenvalue weighted by atomic mass is 10.1. The summed E-state index contributed by atoms with van der Waals surface area (Å²) in [4.78, 5) is 31.0. The Hall–Kier alpha value is -3.49. The van der Waals surface area contributed by atoms with Crippen molar-refractivity contribution in [3.8, 4) is 0 Å². The number of rotatable bonds is 8. The molecule has 0 fully saturated rings. The summed E-state index contributed by atoms with van der Waals surface area (Å²) < 4.78 is 8.68. The molecule has 34 heavy (non-hydrogen) atoms. The van der Waals surface area contributed by atoms with Gasteiger partial charge < -0.3 is 14.6 Å². The van der Waals surface area contributed by atoms with E-state index in [9.17, 15) is 9.59 Å². The Morgan fingerprint density at radius 1 is 1.21 bits per heavy atom. The van der Waals surface area contributed by atoms with Crippen molar-refractivity contribution in [3.05, 3.63) is 86.7 Å². The number of halogens is 1. The molecule has 0 aliphatic carbocycles. The van der Waals surface area contributed by atoms with Crippen LogP contribution in [0.1, 0.15) is 36.2 Å². The zero-order valence-electron chi connectivity index (χ0n) is 19.0. The highest BCUT2D eigenvalue weighted by Gasteiger charge is 2.17. The number of aryl methyl sites for hydroxylation is 1. The van der Waals surface area contributed by atoms with Crippen LogP contribution in [0.15, 0.2) is 59.5 Å². The molecule has 0 atom stereocenters. The second kappa shape index (κ2) is 10.2. The third-order valence-corrected chi connectivity index (χ3v) is 5.81. The number of aromatic nitrogens is 3. The molecule has 0 unspecified atom stereocenters. The van der Waals surface area contributed by atoms with Gasteiger partial charge in [0.05, 0.1) is 17.1 Å². The van der Waals surface area contributed by atoms with Crippen molar-refractivity contribution in [1.82, 2.24) is 19.3 Å². The molecule has 2 N–H and O–H groups in total. The van der Waals surface area contributed by atoms with Crippen molar-refractivity contribution in [2.45, 2.75) is 39.5 Å². The van der Waals surface area contributed by atoms with E-state index in [-0.39, 0.29) is 34.6 Å². The van der Waals surface area contributed by atoms with Gasteiger partial charge in [0.25, 0.3) is 11.5 Å². The summed E-state index contributed by atoms with van der Waals surface area (Å²) in [5.74, 6) is -0.462. The van der Waals surface area contributed by atoms with Gasteiger partial charge in [0.15, 0.2) is 0 Å². The van der Waals surface area contributed by atoms with Crippen LogP contribution in [0.5, 0.6) is 0 Å². The quantitative estimate of drug-likeness (QED) is 0.298. The fourth-order valence-corrected chi connectivity index (χ4v) is 3.93. The van der Waals surface area contributed by atoms with E-state index in [1.54, 1.807) is 35.0 Å². The molecule has 3 heterocycles. The molecule has 0 aliphatic heterocycles. The molecule has 0 saturated carbocycles. The second-order valence-electron chi connectivity index (χ2n) is 8.19. The van der Waals surface area contributed by atoms with Gasteiger partial charge in [-0.2, -0.15) is 0 Å².